The van der Waals surface area contributed by atoms with Gasteiger partial charge in [0, 0.05) is 6.26 Å². The van der Waals surface area contributed by atoms with E-state index in [1.54, 1.807) is 4.72 Å². The average Bonchev–Trinajstić information content (AvgIpc) is 1.98. The molecule has 1 N–H and O–H groups in total. The van der Waals surface area contributed by atoms with Gasteiger partial charge in [0.1, 0.15) is 5.37 Å². The second kappa shape index (κ2) is 4.65. The maximum Gasteiger partial charge on any atom is 0.331 e. The first kappa shape index (κ1) is 13.2. The highest BCUT2D eigenvalue weighted by atomic mass is 32.2. The molecule has 0 radical (unpaired) electrons. The summed E-state index contributed by atoms with van der Waals surface area (Å²) in [5, 5.41) is -1.27. The molecule has 0 fully saturated rings. The molecule has 0 aromatic rings. The molecule has 0 aromatic heterocycles. The van der Waals surface area contributed by atoms with Crippen molar-refractivity contribution in [3.8, 4) is 0 Å². The molecular weight excluding hydrogens is 232 g/mol. The number of isocyanates is 1. The molecule has 9 heteroatoms. The molecule has 14 heavy (non-hydrogen) atoms. The van der Waals surface area contributed by atoms with Crippen LogP contribution in [-0.2, 0) is 24.8 Å². The summed E-state index contributed by atoms with van der Waals surface area (Å²) in [5.41, 5.74) is 0. The summed E-state index contributed by atoms with van der Waals surface area (Å²) in [6.07, 6.45) is 1.75. The van der Waals surface area contributed by atoms with Crippen LogP contribution in [0.3, 0.4) is 0 Å². The highest BCUT2D eigenvalue weighted by molar-refractivity contribution is 7.93. The van der Waals surface area contributed by atoms with E-state index in [4.69, 9.17) is 0 Å². The van der Waals surface area contributed by atoms with Gasteiger partial charge in [-0.25, -0.2) is 13.2 Å². The van der Waals surface area contributed by atoms with Crippen molar-refractivity contribution >= 4 is 26.1 Å². The quantitative estimate of drug-likeness (QED) is 0.488. The van der Waals surface area contributed by atoms with Gasteiger partial charge in [-0.05, 0) is 6.42 Å². The van der Waals surface area contributed by atoms with E-state index in [9.17, 15) is 21.6 Å². The summed E-state index contributed by atoms with van der Waals surface area (Å²) in [6.45, 7) is 1.48. The first-order valence-electron chi connectivity index (χ1n) is 3.53. The van der Waals surface area contributed by atoms with E-state index in [1.807, 2.05) is 0 Å². The minimum absolute atomic E-state index is 0.0481. The Balaban J connectivity index is 4.92. The highest BCUT2D eigenvalue weighted by Gasteiger charge is 2.23. The lowest BCUT2D eigenvalue weighted by molar-refractivity contribution is 0.549. The van der Waals surface area contributed by atoms with Crippen molar-refractivity contribution in [2.45, 2.75) is 18.7 Å². The third-order valence-electron chi connectivity index (χ3n) is 1.33. The molecule has 7 nitrogen and oxygen atoms in total. The van der Waals surface area contributed by atoms with Gasteiger partial charge >= 0.3 is 10.2 Å². The SMILES string of the molecule is CCC(NS(=O)(=O)N=C=O)S(C)(=O)=O. The lowest BCUT2D eigenvalue weighted by Gasteiger charge is -2.11. The van der Waals surface area contributed by atoms with Gasteiger partial charge in [0.25, 0.3) is 6.08 Å². The Labute approximate surface area is 82.3 Å². The monoisotopic (exact) mass is 242 g/mol. The summed E-state index contributed by atoms with van der Waals surface area (Å²) in [7, 11) is -7.80. The van der Waals surface area contributed by atoms with Crippen LogP contribution < -0.4 is 4.72 Å². The van der Waals surface area contributed by atoms with Crippen LogP contribution in [0.2, 0.25) is 0 Å². The molecule has 1 unspecified atom stereocenters. The number of hydrogen-bond donors (Lipinski definition) is 1. The van der Waals surface area contributed by atoms with E-state index >= 15 is 0 Å². The Morgan fingerprint density at radius 1 is 1.36 bits per heavy atom. The summed E-state index contributed by atoms with van der Waals surface area (Å²) < 4.78 is 47.8. The van der Waals surface area contributed by atoms with Crippen LogP contribution in [0.1, 0.15) is 13.3 Å². The van der Waals surface area contributed by atoms with Gasteiger partial charge in [-0.2, -0.15) is 13.1 Å². The van der Waals surface area contributed by atoms with Crippen LogP contribution in [0, 0.1) is 0 Å². The molecule has 0 aliphatic heterocycles. The van der Waals surface area contributed by atoms with Gasteiger partial charge in [-0.15, -0.1) is 0 Å². The van der Waals surface area contributed by atoms with Gasteiger partial charge < -0.3 is 0 Å². The minimum Gasteiger partial charge on any atom is -0.227 e. The lowest BCUT2D eigenvalue weighted by Crippen LogP contribution is -2.38. The van der Waals surface area contributed by atoms with E-state index in [2.05, 4.69) is 4.40 Å². The maximum absolute atomic E-state index is 11.0. The zero-order chi connectivity index (χ0) is 11.4. The Bertz CT molecular complexity index is 431. The van der Waals surface area contributed by atoms with Crippen molar-refractivity contribution in [2.75, 3.05) is 6.26 Å². The topological polar surface area (TPSA) is 110 Å². The molecule has 0 heterocycles. The summed E-state index contributed by atoms with van der Waals surface area (Å²) >= 11 is 0. The molecule has 0 rings (SSSR count). The molecule has 0 spiro atoms. The second-order valence-electron chi connectivity index (χ2n) is 2.50. The molecule has 1 atom stereocenters. The molecule has 0 saturated carbocycles. The van der Waals surface area contributed by atoms with Crippen LogP contribution in [0.4, 0.5) is 0 Å². The molecule has 0 saturated heterocycles. The Kier molecular flexibility index (Phi) is 4.40. The normalized spacial score (nSPS) is 14.4. The van der Waals surface area contributed by atoms with E-state index < -0.39 is 25.4 Å². The first-order valence-corrected chi connectivity index (χ1v) is 6.92. The molecule has 0 aromatic carbocycles. The summed E-state index contributed by atoms with van der Waals surface area (Å²) in [5.74, 6) is 0. The Morgan fingerprint density at radius 3 is 2.14 bits per heavy atom. The van der Waals surface area contributed by atoms with Gasteiger partial charge in [0.2, 0.25) is 0 Å². The molecule has 0 aliphatic rings. The predicted octanol–water partition coefficient (Wildman–Crippen LogP) is -1.06. The van der Waals surface area contributed by atoms with Crippen molar-refractivity contribution in [1.29, 1.82) is 0 Å². The zero-order valence-corrected chi connectivity index (χ0v) is 9.22. The number of carbonyl (C=O) groups excluding carboxylic acids is 1. The highest BCUT2D eigenvalue weighted by Crippen LogP contribution is 2.02. The Hall–Kier alpha value is -0.760. The third kappa shape index (κ3) is 4.47. The first-order chi connectivity index (χ1) is 6.23. The number of sulfone groups is 1. The second-order valence-corrected chi connectivity index (χ2v) is 6.10. The van der Waals surface area contributed by atoms with Crippen LogP contribution >= 0.6 is 0 Å². The van der Waals surface area contributed by atoms with E-state index in [-0.39, 0.29) is 6.42 Å². The van der Waals surface area contributed by atoms with Crippen LogP contribution in [0.5, 0.6) is 0 Å². The van der Waals surface area contributed by atoms with Crippen molar-refractivity contribution in [3.63, 3.8) is 0 Å². The standard InChI is InChI=1S/C5H10N2O5S2/c1-3-5(13(2,9)10)7-14(11,12)6-4-8/h5,7H,3H2,1-2H3. The van der Waals surface area contributed by atoms with Crippen molar-refractivity contribution < 1.29 is 21.6 Å². The number of rotatable bonds is 5. The number of hydrogen-bond acceptors (Lipinski definition) is 5. The predicted molar refractivity (Wildman–Crippen MR) is 49.1 cm³/mol. The third-order valence-corrected chi connectivity index (χ3v) is 3.86. The van der Waals surface area contributed by atoms with E-state index in [1.165, 1.54) is 6.92 Å². The smallest absolute Gasteiger partial charge is 0.227 e. The maximum atomic E-state index is 11.0. The van der Waals surface area contributed by atoms with Gasteiger partial charge in [0.05, 0.1) is 0 Å². The number of nitrogens with one attached hydrogen (secondary N) is 1. The molecule has 82 valence electrons. The molecule has 0 aliphatic carbocycles. The van der Waals surface area contributed by atoms with Gasteiger partial charge in [-0.3, -0.25) is 0 Å². The van der Waals surface area contributed by atoms with Crippen LogP contribution in [-0.4, -0.2) is 34.5 Å². The summed E-state index contributed by atoms with van der Waals surface area (Å²) in [6, 6.07) is 0. The Morgan fingerprint density at radius 2 is 1.86 bits per heavy atom. The number of nitrogens with zero attached hydrogens (tertiary/aromatic N) is 1. The van der Waals surface area contributed by atoms with Crippen LogP contribution in [0.25, 0.3) is 0 Å². The fourth-order valence-corrected chi connectivity index (χ4v) is 3.03. The summed E-state index contributed by atoms with van der Waals surface area (Å²) in [4.78, 5) is 9.68. The molecule has 0 amide bonds. The molecular formula is C5H10N2O5S2. The fourth-order valence-electron chi connectivity index (χ4n) is 0.715. The largest absolute Gasteiger partial charge is 0.331 e. The lowest BCUT2D eigenvalue weighted by atomic mass is 10.5. The fraction of sp³-hybridized carbons (Fsp3) is 0.800. The average molecular weight is 242 g/mol. The molecule has 0 bridgehead atoms. The van der Waals surface area contributed by atoms with E-state index in [0.717, 1.165) is 12.3 Å². The van der Waals surface area contributed by atoms with Crippen molar-refractivity contribution in [2.24, 2.45) is 4.40 Å². The van der Waals surface area contributed by atoms with Crippen molar-refractivity contribution in [3.05, 3.63) is 0 Å². The van der Waals surface area contributed by atoms with Crippen LogP contribution in [0.15, 0.2) is 4.40 Å². The van der Waals surface area contributed by atoms with E-state index in [0.29, 0.717) is 0 Å². The van der Waals surface area contributed by atoms with Gasteiger partial charge in [0.15, 0.2) is 9.84 Å². The minimum atomic E-state index is -4.25. The van der Waals surface area contributed by atoms with Gasteiger partial charge in [-0.1, -0.05) is 11.3 Å². The zero-order valence-electron chi connectivity index (χ0n) is 7.59. The van der Waals surface area contributed by atoms with Crippen molar-refractivity contribution in [1.82, 2.24) is 4.72 Å².